The number of benzene rings is 2. The molecule has 33 heavy (non-hydrogen) atoms. The molecule has 1 amide bonds. The van der Waals surface area contributed by atoms with Crippen molar-refractivity contribution < 1.29 is 4.79 Å². The average molecular weight is 453 g/mol. The van der Waals surface area contributed by atoms with Crippen molar-refractivity contribution in [1.29, 1.82) is 5.26 Å². The number of hydrogen-bond donors (Lipinski definition) is 1. The maximum absolute atomic E-state index is 13.1. The van der Waals surface area contributed by atoms with Crippen LogP contribution in [0.1, 0.15) is 16.1 Å². The predicted molar refractivity (Wildman–Crippen MR) is 126 cm³/mol. The third kappa shape index (κ3) is 3.77. The number of fused-ring (bicyclic) bond motifs is 1. The molecule has 0 fully saturated rings. The molecule has 0 atom stereocenters. The summed E-state index contributed by atoms with van der Waals surface area (Å²) in [6.45, 7) is 0. The van der Waals surface area contributed by atoms with Gasteiger partial charge < -0.3 is 10.6 Å². The van der Waals surface area contributed by atoms with E-state index in [9.17, 15) is 4.79 Å². The molecular formula is C23H16N8OS. The predicted octanol–water partition coefficient (Wildman–Crippen LogP) is 3.65. The highest BCUT2D eigenvalue weighted by Gasteiger charge is 2.17. The van der Waals surface area contributed by atoms with E-state index in [4.69, 9.17) is 11.0 Å². The highest BCUT2D eigenvalue weighted by atomic mass is 32.1. The van der Waals surface area contributed by atoms with E-state index in [0.717, 1.165) is 21.8 Å². The summed E-state index contributed by atoms with van der Waals surface area (Å²) in [5.74, 6) is -0.273. The lowest BCUT2D eigenvalue weighted by molar-refractivity contribution is 0.0988. The number of aromatic nitrogens is 5. The summed E-state index contributed by atoms with van der Waals surface area (Å²) in [5.41, 5.74) is 10.4. The summed E-state index contributed by atoms with van der Waals surface area (Å²) in [7, 11) is 1.67. The van der Waals surface area contributed by atoms with E-state index in [1.165, 1.54) is 16.2 Å². The van der Waals surface area contributed by atoms with E-state index in [0.29, 0.717) is 22.0 Å². The van der Waals surface area contributed by atoms with Gasteiger partial charge in [-0.1, -0.05) is 35.6 Å². The summed E-state index contributed by atoms with van der Waals surface area (Å²) in [4.78, 5) is 23.3. The van der Waals surface area contributed by atoms with Crippen LogP contribution in [0.25, 0.3) is 27.5 Å². The van der Waals surface area contributed by atoms with Gasteiger partial charge >= 0.3 is 0 Å². The molecule has 0 unspecified atom stereocenters. The molecule has 5 aromatic rings. The van der Waals surface area contributed by atoms with Crippen molar-refractivity contribution in [1.82, 2.24) is 24.6 Å². The van der Waals surface area contributed by atoms with Crippen molar-refractivity contribution >= 4 is 33.7 Å². The maximum atomic E-state index is 13.1. The average Bonchev–Trinajstić information content (AvgIpc) is 3.49. The van der Waals surface area contributed by atoms with Crippen LogP contribution in [-0.2, 0) is 0 Å². The second-order valence-corrected chi connectivity index (χ2v) is 8.20. The zero-order valence-corrected chi connectivity index (χ0v) is 18.2. The number of nitriles is 1. The Labute approximate surface area is 192 Å². The molecule has 5 rings (SSSR count). The summed E-state index contributed by atoms with van der Waals surface area (Å²) in [6, 6.07) is 16.7. The normalized spacial score (nSPS) is 10.8. The van der Waals surface area contributed by atoms with E-state index in [1.54, 1.807) is 49.9 Å². The molecule has 0 aliphatic carbocycles. The number of anilines is 2. The zero-order chi connectivity index (χ0) is 22.9. The van der Waals surface area contributed by atoms with Crippen LogP contribution in [0.15, 0.2) is 67.1 Å². The molecule has 0 radical (unpaired) electrons. The summed E-state index contributed by atoms with van der Waals surface area (Å²) in [6.07, 6.45) is 4.99. The second kappa shape index (κ2) is 8.14. The Morgan fingerprint density at radius 2 is 1.76 bits per heavy atom. The minimum absolute atomic E-state index is 0.273. The van der Waals surface area contributed by atoms with Crippen molar-refractivity contribution in [2.45, 2.75) is 0 Å². The standard InChI is InChI=1S/C23H16N8OS/c1-30(17-8-2-14(10-24)3-9-17)22(32)18-13-31-19(11-27-20(31)12-26-18)15-4-6-16(7-5-15)21-28-29-23(25)33-21/h2-9,11-13H,1H3,(H2,25,29). The van der Waals surface area contributed by atoms with Crippen LogP contribution in [0.4, 0.5) is 10.8 Å². The molecule has 0 spiro atoms. The van der Waals surface area contributed by atoms with Gasteiger partial charge in [0.2, 0.25) is 5.13 Å². The van der Waals surface area contributed by atoms with Crippen LogP contribution in [-0.4, -0.2) is 37.5 Å². The molecule has 3 heterocycles. The molecular weight excluding hydrogens is 436 g/mol. The van der Waals surface area contributed by atoms with Crippen LogP contribution >= 0.6 is 11.3 Å². The SMILES string of the molecule is CN(C(=O)c1cn2c(-c3ccc(-c4nnc(N)s4)cc3)cnc2cn1)c1ccc(C#N)cc1. The third-order valence-corrected chi connectivity index (χ3v) is 5.97. The molecule has 2 N–H and O–H groups in total. The van der Waals surface area contributed by atoms with Gasteiger partial charge in [0.05, 0.1) is 29.7 Å². The fourth-order valence-corrected chi connectivity index (χ4v) is 4.01. The fourth-order valence-electron chi connectivity index (χ4n) is 3.40. The van der Waals surface area contributed by atoms with Gasteiger partial charge in [0, 0.05) is 30.1 Å². The Morgan fingerprint density at radius 1 is 1.03 bits per heavy atom. The first-order valence-electron chi connectivity index (χ1n) is 9.84. The van der Waals surface area contributed by atoms with Crippen LogP contribution in [0.3, 0.4) is 0 Å². The zero-order valence-electron chi connectivity index (χ0n) is 17.4. The minimum atomic E-state index is -0.273. The highest BCUT2D eigenvalue weighted by Crippen LogP contribution is 2.28. The first kappa shape index (κ1) is 20.3. The van der Waals surface area contributed by atoms with Crippen molar-refractivity contribution in [3.05, 3.63) is 78.4 Å². The van der Waals surface area contributed by atoms with Crippen molar-refractivity contribution in [2.75, 3.05) is 17.7 Å². The quantitative estimate of drug-likeness (QED) is 0.441. The van der Waals surface area contributed by atoms with Gasteiger partial charge in [0.25, 0.3) is 5.91 Å². The lowest BCUT2D eigenvalue weighted by atomic mass is 10.1. The molecule has 10 heteroatoms. The van der Waals surface area contributed by atoms with Crippen LogP contribution in [0.2, 0.25) is 0 Å². The Morgan fingerprint density at radius 3 is 2.42 bits per heavy atom. The van der Waals surface area contributed by atoms with Gasteiger partial charge in [0.15, 0.2) is 5.65 Å². The van der Waals surface area contributed by atoms with Gasteiger partial charge in [-0.05, 0) is 24.3 Å². The number of rotatable bonds is 4. The monoisotopic (exact) mass is 452 g/mol. The number of carbonyl (C=O) groups excluding carboxylic acids is 1. The molecule has 0 saturated carbocycles. The van der Waals surface area contributed by atoms with Gasteiger partial charge in [-0.25, -0.2) is 9.97 Å². The van der Waals surface area contributed by atoms with Crippen molar-refractivity contribution in [3.63, 3.8) is 0 Å². The van der Waals surface area contributed by atoms with Crippen molar-refractivity contribution in [3.8, 4) is 27.9 Å². The molecule has 3 aromatic heterocycles. The van der Waals surface area contributed by atoms with Gasteiger partial charge in [-0.15, -0.1) is 10.2 Å². The van der Waals surface area contributed by atoms with E-state index >= 15 is 0 Å². The van der Waals surface area contributed by atoms with Gasteiger partial charge in [-0.3, -0.25) is 9.20 Å². The topological polar surface area (TPSA) is 126 Å². The lowest BCUT2D eigenvalue weighted by Gasteiger charge is -2.17. The Hall–Kier alpha value is -4.62. The van der Waals surface area contributed by atoms with Crippen LogP contribution in [0, 0.1) is 11.3 Å². The summed E-state index contributed by atoms with van der Waals surface area (Å²) in [5, 5.41) is 18.1. The second-order valence-electron chi connectivity index (χ2n) is 7.19. The number of nitrogens with two attached hydrogens (primary N) is 1. The molecule has 0 saturated heterocycles. The van der Waals surface area contributed by atoms with E-state index in [1.807, 2.05) is 28.7 Å². The Balaban J connectivity index is 1.46. The third-order valence-electron chi connectivity index (χ3n) is 5.17. The van der Waals surface area contributed by atoms with Gasteiger partial charge in [0.1, 0.15) is 10.7 Å². The minimum Gasteiger partial charge on any atom is -0.374 e. The molecule has 0 bridgehead atoms. The van der Waals surface area contributed by atoms with E-state index < -0.39 is 0 Å². The summed E-state index contributed by atoms with van der Waals surface area (Å²) >= 11 is 1.33. The molecule has 0 aliphatic rings. The molecule has 9 nitrogen and oxygen atoms in total. The van der Waals surface area contributed by atoms with E-state index in [-0.39, 0.29) is 11.6 Å². The summed E-state index contributed by atoms with van der Waals surface area (Å²) < 4.78 is 1.84. The fraction of sp³-hybridized carbons (Fsp3) is 0.0435. The maximum Gasteiger partial charge on any atom is 0.278 e. The number of hydrogen-bond acceptors (Lipinski definition) is 8. The highest BCUT2D eigenvalue weighted by molar-refractivity contribution is 7.18. The first-order chi connectivity index (χ1) is 16.0. The number of amides is 1. The Kier molecular flexibility index (Phi) is 5.01. The van der Waals surface area contributed by atoms with Crippen LogP contribution in [0.5, 0.6) is 0 Å². The van der Waals surface area contributed by atoms with Gasteiger partial charge in [-0.2, -0.15) is 5.26 Å². The molecule has 2 aromatic carbocycles. The number of nitrogen functional groups attached to an aromatic ring is 1. The Bertz CT molecular complexity index is 1510. The molecule has 160 valence electrons. The molecule has 0 aliphatic heterocycles. The van der Waals surface area contributed by atoms with E-state index in [2.05, 4.69) is 26.2 Å². The first-order valence-corrected chi connectivity index (χ1v) is 10.7. The lowest BCUT2D eigenvalue weighted by Crippen LogP contribution is -2.27. The number of carbonyl (C=O) groups is 1. The number of imidazole rings is 1. The van der Waals surface area contributed by atoms with Crippen molar-refractivity contribution in [2.24, 2.45) is 0 Å². The van der Waals surface area contributed by atoms with Crippen LogP contribution < -0.4 is 10.6 Å². The largest absolute Gasteiger partial charge is 0.374 e. The number of nitrogens with zero attached hydrogens (tertiary/aromatic N) is 7. The smallest absolute Gasteiger partial charge is 0.278 e.